The molecule has 3 nitrogen and oxygen atoms in total. The van der Waals surface area contributed by atoms with Crippen LogP contribution < -0.4 is 5.32 Å². The molecule has 84 valence electrons. The fourth-order valence-corrected chi connectivity index (χ4v) is 1.27. The third-order valence-electron chi connectivity index (χ3n) is 2.25. The smallest absolute Gasteiger partial charge is 0.232 e. The van der Waals surface area contributed by atoms with Crippen LogP contribution in [0.15, 0.2) is 0 Å². The summed E-state index contributed by atoms with van der Waals surface area (Å²) < 4.78 is 0. The van der Waals surface area contributed by atoms with Gasteiger partial charge in [-0.05, 0) is 25.0 Å². The standard InChI is InChI=1S/C10H21NO2S/c1-8(14-4)9(13)11-7-10(2,3)5-6-12/h8,12H,5-7H2,1-4H3,(H,11,13). The van der Waals surface area contributed by atoms with Crippen molar-refractivity contribution in [2.24, 2.45) is 5.41 Å². The lowest BCUT2D eigenvalue weighted by atomic mass is 9.90. The molecule has 0 spiro atoms. The minimum absolute atomic E-state index is 0.0000680. The molecule has 2 N–H and O–H groups in total. The third kappa shape index (κ3) is 5.50. The highest BCUT2D eigenvalue weighted by atomic mass is 32.2. The van der Waals surface area contributed by atoms with E-state index in [0.717, 1.165) is 0 Å². The zero-order valence-electron chi connectivity index (χ0n) is 9.46. The molecule has 0 aromatic heterocycles. The molecule has 1 atom stereocenters. The van der Waals surface area contributed by atoms with Crippen LogP contribution in [0.3, 0.4) is 0 Å². The predicted octanol–water partition coefficient (Wildman–Crippen LogP) is 1.26. The van der Waals surface area contributed by atoms with E-state index in [-0.39, 0.29) is 23.2 Å². The highest BCUT2D eigenvalue weighted by Gasteiger charge is 2.19. The first-order valence-electron chi connectivity index (χ1n) is 4.84. The molecule has 1 amide bonds. The van der Waals surface area contributed by atoms with E-state index in [1.54, 1.807) is 0 Å². The summed E-state index contributed by atoms with van der Waals surface area (Å²) in [6, 6.07) is 0. The third-order valence-corrected chi connectivity index (χ3v) is 3.17. The van der Waals surface area contributed by atoms with E-state index in [1.807, 2.05) is 27.0 Å². The highest BCUT2D eigenvalue weighted by Crippen LogP contribution is 2.18. The first-order chi connectivity index (χ1) is 6.43. The van der Waals surface area contributed by atoms with Gasteiger partial charge < -0.3 is 10.4 Å². The van der Waals surface area contributed by atoms with Crippen LogP contribution in [0.5, 0.6) is 0 Å². The fraction of sp³-hybridized carbons (Fsp3) is 0.900. The Labute approximate surface area is 90.7 Å². The van der Waals surface area contributed by atoms with Crippen molar-refractivity contribution in [3.8, 4) is 0 Å². The van der Waals surface area contributed by atoms with Crippen molar-refractivity contribution in [2.75, 3.05) is 19.4 Å². The summed E-state index contributed by atoms with van der Waals surface area (Å²) >= 11 is 1.54. The summed E-state index contributed by atoms with van der Waals surface area (Å²) in [6.45, 7) is 6.75. The number of aliphatic hydroxyl groups is 1. The Morgan fingerprint density at radius 1 is 1.57 bits per heavy atom. The van der Waals surface area contributed by atoms with Gasteiger partial charge in [0.2, 0.25) is 5.91 Å². The van der Waals surface area contributed by atoms with Crippen LogP contribution >= 0.6 is 11.8 Å². The Balaban J connectivity index is 3.87. The molecule has 0 rings (SSSR count). The molecular weight excluding hydrogens is 198 g/mol. The summed E-state index contributed by atoms with van der Waals surface area (Å²) in [5.41, 5.74) is -0.0253. The van der Waals surface area contributed by atoms with E-state index in [2.05, 4.69) is 5.32 Å². The largest absolute Gasteiger partial charge is 0.396 e. The first kappa shape index (κ1) is 13.8. The number of carbonyl (C=O) groups excluding carboxylic acids is 1. The number of aliphatic hydroxyl groups excluding tert-OH is 1. The van der Waals surface area contributed by atoms with Gasteiger partial charge in [0, 0.05) is 13.2 Å². The van der Waals surface area contributed by atoms with Crippen LogP contribution in [0.2, 0.25) is 0 Å². The SMILES string of the molecule is CSC(C)C(=O)NCC(C)(C)CCO. The number of hydrogen-bond donors (Lipinski definition) is 2. The molecule has 0 heterocycles. The van der Waals surface area contributed by atoms with E-state index >= 15 is 0 Å². The molecule has 0 aromatic carbocycles. The van der Waals surface area contributed by atoms with Gasteiger partial charge in [0.1, 0.15) is 0 Å². The Hall–Kier alpha value is -0.220. The monoisotopic (exact) mass is 219 g/mol. The normalized spacial score (nSPS) is 13.8. The van der Waals surface area contributed by atoms with Gasteiger partial charge in [-0.2, -0.15) is 11.8 Å². The minimum Gasteiger partial charge on any atom is -0.396 e. The number of hydrogen-bond acceptors (Lipinski definition) is 3. The van der Waals surface area contributed by atoms with Crippen LogP contribution in [0.4, 0.5) is 0 Å². The second-order valence-corrected chi connectivity index (χ2v) is 5.41. The summed E-state index contributed by atoms with van der Waals surface area (Å²) in [5.74, 6) is 0.0727. The average Bonchev–Trinajstić information content (AvgIpc) is 2.13. The molecule has 0 saturated heterocycles. The summed E-state index contributed by atoms with van der Waals surface area (Å²) in [6.07, 6.45) is 2.63. The van der Waals surface area contributed by atoms with E-state index < -0.39 is 0 Å². The van der Waals surface area contributed by atoms with Gasteiger partial charge in [-0.3, -0.25) is 4.79 Å². The fourth-order valence-electron chi connectivity index (χ4n) is 0.968. The predicted molar refractivity (Wildman–Crippen MR) is 61.5 cm³/mol. The first-order valence-corrected chi connectivity index (χ1v) is 6.13. The summed E-state index contributed by atoms with van der Waals surface area (Å²) in [7, 11) is 0. The topological polar surface area (TPSA) is 49.3 Å². The lowest BCUT2D eigenvalue weighted by molar-refractivity contribution is -0.120. The molecule has 4 heteroatoms. The van der Waals surface area contributed by atoms with Crippen molar-refractivity contribution >= 4 is 17.7 Å². The maximum Gasteiger partial charge on any atom is 0.232 e. The van der Waals surface area contributed by atoms with Gasteiger partial charge in [0.25, 0.3) is 0 Å². The van der Waals surface area contributed by atoms with E-state index in [0.29, 0.717) is 13.0 Å². The minimum atomic E-state index is -0.0253. The second-order valence-electron chi connectivity index (χ2n) is 4.23. The van der Waals surface area contributed by atoms with Crippen LogP contribution in [0.25, 0.3) is 0 Å². The molecule has 0 aliphatic heterocycles. The Kier molecular flexibility index (Phi) is 6.20. The van der Waals surface area contributed by atoms with Gasteiger partial charge >= 0.3 is 0 Å². The molecule has 0 aliphatic carbocycles. The van der Waals surface area contributed by atoms with Gasteiger partial charge in [-0.25, -0.2) is 0 Å². The van der Waals surface area contributed by atoms with Crippen molar-refractivity contribution in [3.05, 3.63) is 0 Å². The van der Waals surface area contributed by atoms with Gasteiger partial charge in [0.05, 0.1) is 5.25 Å². The number of nitrogens with one attached hydrogen (secondary N) is 1. The molecule has 0 radical (unpaired) electrons. The average molecular weight is 219 g/mol. The van der Waals surface area contributed by atoms with Crippen molar-refractivity contribution in [3.63, 3.8) is 0 Å². The van der Waals surface area contributed by atoms with Crippen LogP contribution in [0, 0.1) is 5.41 Å². The molecule has 1 unspecified atom stereocenters. The lowest BCUT2D eigenvalue weighted by Crippen LogP contribution is -2.38. The van der Waals surface area contributed by atoms with E-state index in [4.69, 9.17) is 5.11 Å². The molecular formula is C10H21NO2S. The summed E-state index contributed by atoms with van der Waals surface area (Å²) in [4.78, 5) is 11.4. The van der Waals surface area contributed by atoms with E-state index in [1.165, 1.54) is 11.8 Å². The second kappa shape index (κ2) is 6.30. The molecule has 0 saturated carbocycles. The zero-order chi connectivity index (χ0) is 11.2. The maximum atomic E-state index is 11.4. The van der Waals surface area contributed by atoms with Crippen molar-refractivity contribution in [1.29, 1.82) is 0 Å². The molecule has 0 aromatic rings. The molecule has 14 heavy (non-hydrogen) atoms. The van der Waals surface area contributed by atoms with Crippen LogP contribution in [0.1, 0.15) is 27.2 Å². The van der Waals surface area contributed by atoms with Crippen molar-refractivity contribution < 1.29 is 9.90 Å². The maximum absolute atomic E-state index is 11.4. The van der Waals surface area contributed by atoms with Crippen molar-refractivity contribution in [1.82, 2.24) is 5.32 Å². The van der Waals surface area contributed by atoms with Gasteiger partial charge in [-0.15, -0.1) is 0 Å². The number of rotatable bonds is 6. The Morgan fingerprint density at radius 3 is 2.57 bits per heavy atom. The van der Waals surface area contributed by atoms with Crippen molar-refractivity contribution in [2.45, 2.75) is 32.4 Å². The summed E-state index contributed by atoms with van der Waals surface area (Å²) in [5, 5.41) is 11.7. The Morgan fingerprint density at radius 2 is 2.14 bits per heavy atom. The van der Waals surface area contributed by atoms with Gasteiger partial charge in [0.15, 0.2) is 0 Å². The molecule has 0 fully saturated rings. The molecule has 0 bridgehead atoms. The Bertz CT molecular complexity index is 183. The quantitative estimate of drug-likeness (QED) is 0.707. The number of carbonyl (C=O) groups is 1. The number of thioether (sulfide) groups is 1. The van der Waals surface area contributed by atoms with Crippen LogP contribution in [-0.2, 0) is 4.79 Å². The zero-order valence-corrected chi connectivity index (χ0v) is 10.3. The lowest BCUT2D eigenvalue weighted by Gasteiger charge is -2.24. The molecule has 0 aliphatic rings. The number of amides is 1. The van der Waals surface area contributed by atoms with Gasteiger partial charge in [-0.1, -0.05) is 13.8 Å². The van der Waals surface area contributed by atoms with E-state index in [9.17, 15) is 4.79 Å². The highest BCUT2D eigenvalue weighted by molar-refractivity contribution is 7.99. The van der Waals surface area contributed by atoms with Crippen LogP contribution in [-0.4, -0.2) is 35.7 Å².